The van der Waals surface area contributed by atoms with Gasteiger partial charge in [-0.25, -0.2) is 0 Å². The molecule has 0 unspecified atom stereocenters. The Morgan fingerprint density at radius 2 is 1.44 bits per heavy atom. The normalized spacial score (nSPS) is 12.3. The monoisotopic (exact) mass is 453 g/mol. The summed E-state index contributed by atoms with van der Waals surface area (Å²) < 4.78 is 35.4. The van der Waals surface area contributed by atoms with Gasteiger partial charge in [0, 0.05) is 6.54 Å². The van der Waals surface area contributed by atoms with Gasteiger partial charge in [-0.2, -0.15) is 8.42 Å². The third-order valence-electron chi connectivity index (χ3n) is 4.63. The van der Waals surface area contributed by atoms with Crippen molar-refractivity contribution >= 4 is 16.1 Å². The second-order valence-electron chi connectivity index (χ2n) is 7.60. The summed E-state index contributed by atoms with van der Waals surface area (Å²) in [5.74, 6) is -0.126. The molecule has 0 aliphatic carbocycles. The average molecular weight is 454 g/mol. The quantitative estimate of drug-likeness (QED) is 0.368. The minimum absolute atomic E-state index is 0.0886. The fourth-order valence-corrected chi connectivity index (χ4v) is 4.02. The lowest BCUT2D eigenvalue weighted by Crippen LogP contribution is -2.40. The van der Waals surface area contributed by atoms with Crippen LogP contribution in [-0.4, -0.2) is 26.5 Å². The standard InChI is InChI=1S/C25H27NO5S/c1-19(2)30-25(27)24(26-18-21-9-5-3-6-10-21)17-20-13-15-22(16-14-20)31-32(28,29)23-11-7-4-8-12-23/h3-16,19,24,26H,17-18H2,1-2H3/t24-/m0/s1. The first-order valence-corrected chi connectivity index (χ1v) is 11.8. The van der Waals surface area contributed by atoms with Gasteiger partial charge in [-0.15, -0.1) is 0 Å². The van der Waals surface area contributed by atoms with Gasteiger partial charge in [-0.3, -0.25) is 4.79 Å². The number of benzene rings is 3. The smallest absolute Gasteiger partial charge is 0.339 e. The molecule has 0 amide bonds. The van der Waals surface area contributed by atoms with Crippen LogP contribution in [0.2, 0.25) is 0 Å². The van der Waals surface area contributed by atoms with Gasteiger partial charge in [-0.05, 0) is 55.7 Å². The summed E-state index contributed by atoms with van der Waals surface area (Å²) >= 11 is 0. The zero-order chi connectivity index (χ0) is 23.0. The van der Waals surface area contributed by atoms with Crippen molar-refractivity contribution < 1.29 is 22.1 Å². The molecule has 3 aromatic rings. The molecule has 0 bridgehead atoms. The third-order valence-corrected chi connectivity index (χ3v) is 5.89. The number of rotatable bonds is 10. The fourth-order valence-electron chi connectivity index (χ4n) is 3.07. The first-order chi connectivity index (χ1) is 15.3. The molecule has 0 aliphatic heterocycles. The van der Waals surface area contributed by atoms with Crippen LogP contribution in [0, 0.1) is 0 Å². The van der Waals surface area contributed by atoms with Crippen molar-refractivity contribution in [3.8, 4) is 5.75 Å². The van der Waals surface area contributed by atoms with E-state index in [0.29, 0.717) is 13.0 Å². The maximum absolute atomic E-state index is 12.6. The fraction of sp³-hybridized carbons (Fsp3) is 0.240. The number of esters is 1. The van der Waals surface area contributed by atoms with Crippen LogP contribution in [0.5, 0.6) is 5.75 Å². The maximum atomic E-state index is 12.6. The lowest BCUT2D eigenvalue weighted by molar-refractivity contribution is -0.150. The van der Waals surface area contributed by atoms with E-state index in [2.05, 4.69) is 5.32 Å². The van der Waals surface area contributed by atoms with E-state index in [1.165, 1.54) is 12.1 Å². The minimum atomic E-state index is -3.90. The van der Waals surface area contributed by atoms with E-state index in [1.54, 1.807) is 42.5 Å². The van der Waals surface area contributed by atoms with Crippen molar-refractivity contribution in [1.82, 2.24) is 5.32 Å². The molecule has 0 heterocycles. The van der Waals surface area contributed by atoms with Gasteiger partial charge < -0.3 is 14.2 Å². The molecule has 6 nitrogen and oxygen atoms in total. The number of carbonyl (C=O) groups is 1. The molecule has 0 aliphatic rings. The van der Waals surface area contributed by atoms with E-state index >= 15 is 0 Å². The summed E-state index contributed by atoms with van der Waals surface area (Å²) in [6.45, 7) is 4.14. The molecule has 3 aromatic carbocycles. The van der Waals surface area contributed by atoms with E-state index in [1.807, 2.05) is 44.2 Å². The Labute approximate surface area is 189 Å². The molecule has 32 heavy (non-hydrogen) atoms. The van der Waals surface area contributed by atoms with Gasteiger partial charge in [-0.1, -0.05) is 60.7 Å². The highest BCUT2D eigenvalue weighted by atomic mass is 32.2. The number of nitrogens with one attached hydrogen (secondary N) is 1. The van der Waals surface area contributed by atoms with Crippen molar-refractivity contribution in [2.45, 2.75) is 43.9 Å². The summed E-state index contributed by atoms with van der Waals surface area (Å²) in [5.41, 5.74) is 1.91. The van der Waals surface area contributed by atoms with Gasteiger partial charge in [0.15, 0.2) is 0 Å². The molecular weight excluding hydrogens is 426 g/mol. The maximum Gasteiger partial charge on any atom is 0.339 e. The van der Waals surface area contributed by atoms with Crippen LogP contribution in [-0.2, 0) is 32.6 Å². The van der Waals surface area contributed by atoms with Crippen LogP contribution in [0.1, 0.15) is 25.0 Å². The van der Waals surface area contributed by atoms with Gasteiger partial charge in [0.25, 0.3) is 0 Å². The van der Waals surface area contributed by atoms with Crippen molar-refractivity contribution in [3.63, 3.8) is 0 Å². The summed E-state index contributed by atoms with van der Waals surface area (Å²) in [4.78, 5) is 12.7. The van der Waals surface area contributed by atoms with Crippen LogP contribution >= 0.6 is 0 Å². The molecule has 0 fully saturated rings. The Morgan fingerprint density at radius 1 is 0.844 bits per heavy atom. The molecule has 0 saturated heterocycles. The molecule has 1 atom stereocenters. The van der Waals surface area contributed by atoms with E-state index in [4.69, 9.17) is 8.92 Å². The minimum Gasteiger partial charge on any atom is -0.462 e. The molecule has 0 aromatic heterocycles. The van der Waals surface area contributed by atoms with Gasteiger partial charge in [0.05, 0.1) is 6.10 Å². The highest BCUT2D eigenvalue weighted by Gasteiger charge is 2.22. The van der Waals surface area contributed by atoms with Crippen LogP contribution in [0.15, 0.2) is 89.8 Å². The Bertz CT molecular complexity index is 1100. The van der Waals surface area contributed by atoms with Gasteiger partial charge >= 0.3 is 16.1 Å². The Kier molecular flexibility index (Phi) is 8.03. The van der Waals surface area contributed by atoms with E-state index < -0.39 is 16.2 Å². The topological polar surface area (TPSA) is 81.7 Å². The molecule has 3 rings (SSSR count). The SMILES string of the molecule is CC(C)OC(=O)[C@H](Cc1ccc(OS(=O)(=O)c2ccccc2)cc1)NCc1ccccc1. The van der Waals surface area contributed by atoms with Crippen LogP contribution in [0.4, 0.5) is 0 Å². The number of carbonyl (C=O) groups excluding carboxylic acids is 1. The highest BCUT2D eigenvalue weighted by Crippen LogP contribution is 2.20. The summed E-state index contributed by atoms with van der Waals surface area (Å²) in [5, 5.41) is 3.26. The lowest BCUT2D eigenvalue weighted by atomic mass is 10.1. The first-order valence-electron chi connectivity index (χ1n) is 10.4. The number of hydrogen-bond acceptors (Lipinski definition) is 6. The summed E-state index contributed by atoms with van der Waals surface area (Å²) in [6, 6.07) is 23.9. The molecule has 1 N–H and O–H groups in total. The van der Waals surface area contributed by atoms with E-state index in [9.17, 15) is 13.2 Å². The van der Waals surface area contributed by atoms with Gasteiger partial charge in [0.1, 0.15) is 16.7 Å². The molecule has 0 spiro atoms. The largest absolute Gasteiger partial charge is 0.462 e. The van der Waals surface area contributed by atoms with Crippen LogP contribution < -0.4 is 9.50 Å². The van der Waals surface area contributed by atoms with E-state index in [0.717, 1.165) is 11.1 Å². The average Bonchev–Trinajstić information content (AvgIpc) is 2.78. The first kappa shape index (κ1) is 23.5. The second-order valence-corrected chi connectivity index (χ2v) is 9.15. The van der Waals surface area contributed by atoms with E-state index in [-0.39, 0.29) is 22.7 Å². The van der Waals surface area contributed by atoms with Crippen molar-refractivity contribution in [1.29, 1.82) is 0 Å². The Morgan fingerprint density at radius 3 is 2.03 bits per heavy atom. The predicted octanol–water partition coefficient (Wildman–Crippen LogP) is 4.11. The van der Waals surface area contributed by atoms with Crippen LogP contribution in [0.25, 0.3) is 0 Å². The second kappa shape index (κ2) is 10.9. The van der Waals surface area contributed by atoms with Crippen LogP contribution in [0.3, 0.4) is 0 Å². The Hall–Kier alpha value is -3.16. The number of ether oxygens (including phenoxy) is 1. The molecule has 0 saturated carbocycles. The lowest BCUT2D eigenvalue weighted by Gasteiger charge is -2.19. The zero-order valence-corrected chi connectivity index (χ0v) is 18.9. The third kappa shape index (κ3) is 6.93. The van der Waals surface area contributed by atoms with Crippen molar-refractivity contribution in [2.75, 3.05) is 0 Å². The van der Waals surface area contributed by atoms with Gasteiger partial charge in [0.2, 0.25) is 0 Å². The zero-order valence-electron chi connectivity index (χ0n) is 18.1. The number of hydrogen-bond donors (Lipinski definition) is 1. The highest BCUT2D eigenvalue weighted by molar-refractivity contribution is 7.87. The molecular formula is C25H27NO5S. The van der Waals surface area contributed by atoms with Crippen molar-refractivity contribution in [3.05, 3.63) is 96.1 Å². The van der Waals surface area contributed by atoms with Crippen molar-refractivity contribution in [2.24, 2.45) is 0 Å². The summed E-state index contributed by atoms with van der Waals surface area (Å²) in [6.07, 6.45) is 0.173. The summed E-state index contributed by atoms with van der Waals surface area (Å²) in [7, 11) is -3.90. The molecule has 0 radical (unpaired) electrons. The Balaban J connectivity index is 1.68. The molecule has 7 heteroatoms. The molecule has 168 valence electrons. The predicted molar refractivity (Wildman–Crippen MR) is 123 cm³/mol.